The molecule has 0 amide bonds. The van der Waals surface area contributed by atoms with Crippen LogP contribution in [0.1, 0.15) is 11.1 Å². The van der Waals surface area contributed by atoms with Crippen LogP contribution < -0.4 is 60.9 Å². The average Bonchev–Trinajstić information content (AvgIpc) is 2.98. The second-order valence-electron chi connectivity index (χ2n) is 8.37. The number of nitrogen functional groups attached to an aromatic ring is 2. The first kappa shape index (κ1) is 43.4. The van der Waals surface area contributed by atoms with Crippen molar-refractivity contribution in [2.45, 2.75) is 13.8 Å². The van der Waals surface area contributed by atoms with Gasteiger partial charge in [0.2, 0.25) is 0 Å². The van der Waals surface area contributed by atoms with Crippen molar-refractivity contribution in [1.82, 2.24) is 24.9 Å². The van der Waals surface area contributed by atoms with Gasteiger partial charge < -0.3 is 31.4 Å². The van der Waals surface area contributed by atoms with E-state index >= 15 is 0 Å². The Kier molecular flexibility index (Phi) is 23.2. The number of nitrogens with two attached hydrogens (primary N) is 2. The fraction of sp³-hybridized carbons (Fsp3) is 0.167. The fourth-order valence-corrected chi connectivity index (χ4v) is 5.05. The van der Waals surface area contributed by atoms with Crippen molar-refractivity contribution in [3.8, 4) is 11.5 Å². The average molecular weight is 852 g/mol. The molecule has 5 rings (SSSR count). The molecule has 0 fully saturated rings. The quantitative estimate of drug-likeness (QED) is 0.175. The summed E-state index contributed by atoms with van der Waals surface area (Å²) in [6, 6.07) is 18.1. The van der Waals surface area contributed by atoms with Gasteiger partial charge in [0.15, 0.2) is 0 Å². The molecule has 11 nitrogen and oxygen atoms in total. The molecule has 5 heterocycles. The van der Waals surface area contributed by atoms with E-state index in [9.17, 15) is 0 Å². The molecule has 5 aromatic rings. The summed E-state index contributed by atoms with van der Waals surface area (Å²) in [5.41, 5.74) is 12.9. The van der Waals surface area contributed by atoms with Gasteiger partial charge in [-0.05, 0) is 121 Å². The minimum absolute atomic E-state index is 0. The van der Waals surface area contributed by atoms with Crippen molar-refractivity contribution in [2.75, 3.05) is 38.1 Å². The molecule has 0 spiro atoms. The summed E-state index contributed by atoms with van der Waals surface area (Å²) < 4.78 is 12.5. The normalized spacial score (nSPS) is 9.09. The third-order valence-electron chi connectivity index (χ3n) is 4.80. The smallest absolute Gasteiger partial charge is 0.857 e. The Morgan fingerprint density at radius 1 is 0.652 bits per heavy atom. The van der Waals surface area contributed by atoms with Crippen LogP contribution in [-0.4, -0.2) is 46.2 Å². The van der Waals surface area contributed by atoms with Gasteiger partial charge in [0.25, 0.3) is 0 Å². The molecular formula is C30H33Br3ClN8NaO3. The predicted octanol–water partition coefficient (Wildman–Crippen LogP) is 4.18. The first-order valence-electron chi connectivity index (χ1n) is 12.7. The van der Waals surface area contributed by atoms with E-state index in [1.54, 1.807) is 63.1 Å². The number of nitrogens with zero attached hydrogens (tertiary/aromatic N) is 5. The van der Waals surface area contributed by atoms with Crippen LogP contribution in [0, 0.1) is 13.8 Å². The second kappa shape index (κ2) is 24.6. The van der Waals surface area contributed by atoms with Gasteiger partial charge in [-0.2, -0.15) is 7.11 Å². The summed E-state index contributed by atoms with van der Waals surface area (Å²) in [5.74, 6) is 3.88. The molecule has 46 heavy (non-hydrogen) atoms. The van der Waals surface area contributed by atoms with Crippen LogP contribution in [0.4, 0.5) is 23.3 Å². The Morgan fingerprint density at radius 3 is 1.52 bits per heavy atom. The Hall–Kier alpha value is -2.56. The van der Waals surface area contributed by atoms with Crippen molar-refractivity contribution in [2.24, 2.45) is 0 Å². The summed E-state index contributed by atoms with van der Waals surface area (Å²) in [6.45, 7) is 4.04. The van der Waals surface area contributed by atoms with E-state index in [4.69, 9.17) is 37.6 Å². The number of nitrogens with one attached hydrogen (secondary N) is 1. The molecule has 0 saturated heterocycles. The molecule has 0 aliphatic carbocycles. The van der Waals surface area contributed by atoms with Gasteiger partial charge in [-0.1, -0.05) is 11.6 Å². The summed E-state index contributed by atoms with van der Waals surface area (Å²) >= 11 is 15.4. The van der Waals surface area contributed by atoms with Crippen LogP contribution >= 0.6 is 59.4 Å². The Morgan fingerprint density at radius 2 is 1.11 bits per heavy atom. The van der Waals surface area contributed by atoms with E-state index in [1.807, 2.05) is 44.2 Å². The van der Waals surface area contributed by atoms with Gasteiger partial charge in [-0.15, -0.1) is 0 Å². The molecule has 240 valence electrons. The van der Waals surface area contributed by atoms with Crippen molar-refractivity contribution in [1.29, 1.82) is 0 Å². The minimum atomic E-state index is 0. The Balaban J connectivity index is 0.000000603. The van der Waals surface area contributed by atoms with Gasteiger partial charge >= 0.3 is 29.6 Å². The maximum absolute atomic E-state index is 8.25. The molecule has 0 aliphatic heterocycles. The maximum Gasteiger partial charge on any atom is 1.00 e. The molecule has 0 aliphatic rings. The minimum Gasteiger partial charge on any atom is -0.857 e. The molecule has 5 N–H and O–H groups in total. The Bertz CT molecular complexity index is 1520. The number of ether oxygens (including phenoxy) is 2. The molecule has 16 heteroatoms. The van der Waals surface area contributed by atoms with E-state index in [0.29, 0.717) is 22.5 Å². The summed E-state index contributed by atoms with van der Waals surface area (Å²) in [6.07, 6.45) is 4.86. The van der Waals surface area contributed by atoms with Crippen LogP contribution in [0.25, 0.3) is 0 Å². The molecule has 5 aromatic heterocycles. The summed E-state index contributed by atoms with van der Waals surface area (Å²) in [4.78, 5) is 20.1. The van der Waals surface area contributed by atoms with Crippen molar-refractivity contribution in [3.63, 3.8) is 0 Å². The van der Waals surface area contributed by atoms with Crippen molar-refractivity contribution >= 4 is 82.7 Å². The zero-order valence-electron chi connectivity index (χ0n) is 26.1. The number of rotatable bonds is 4. The standard InChI is InChI=1S/C12H12BrN3O.C6H5Br2N.C6H8N2O.C5H5ClN2.CH3O.Na/c1-8-5-10(13)15-12(6-8)16-11-7-9(17-2)3-4-14-11;1-4-2-5(7)9-6(8)3-4;1-9-5-2-3-8-6(7)4-5;6-4-1-2-8-5(7)3-4;1-2;/h3-7H,1-2H3,(H,14,15,16);2-3H,1H3;2-4H,1H3,(H2,7,8);1-3H,(H2,7,8);1H3;/q;;;;-1;+1. The van der Waals surface area contributed by atoms with E-state index in [2.05, 4.69) is 78.0 Å². The van der Waals surface area contributed by atoms with Crippen molar-refractivity contribution < 1.29 is 44.1 Å². The number of hydrogen-bond acceptors (Lipinski definition) is 11. The van der Waals surface area contributed by atoms with E-state index in [1.165, 1.54) is 5.56 Å². The monoisotopic (exact) mass is 848 g/mol. The molecule has 0 aromatic carbocycles. The predicted molar refractivity (Wildman–Crippen MR) is 190 cm³/mol. The molecule has 0 atom stereocenters. The van der Waals surface area contributed by atoms with Gasteiger partial charge in [-0.25, -0.2) is 24.9 Å². The number of methoxy groups -OCH3 is 2. The van der Waals surface area contributed by atoms with E-state index in [0.717, 1.165) is 43.8 Å². The van der Waals surface area contributed by atoms with Gasteiger partial charge in [-0.3, -0.25) is 0 Å². The van der Waals surface area contributed by atoms with Crippen molar-refractivity contribution in [3.05, 3.63) is 109 Å². The first-order valence-corrected chi connectivity index (χ1v) is 15.5. The van der Waals surface area contributed by atoms with Crippen LogP contribution in [0.2, 0.25) is 5.02 Å². The summed E-state index contributed by atoms with van der Waals surface area (Å²) in [5, 5.41) is 12.0. The topological polar surface area (TPSA) is 170 Å². The van der Waals surface area contributed by atoms with Crippen LogP contribution in [0.5, 0.6) is 11.5 Å². The molecule has 0 saturated carbocycles. The van der Waals surface area contributed by atoms with Gasteiger partial charge in [0.05, 0.1) is 14.2 Å². The zero-order valence-corrected chi connectivity index (χ0v) is 33.6. The maximum atomic E-state index is 8.25. The fourth-order valence-electron chi connectivity index (χ4n) is 2.99. The van der Waals surface area contributed by atoms with Gasteiger partial charge in [0, 0.05) is 35.7 Å². The number of halogens is 4. The van der Waals surface area contributed by atoms with Crippen LogP contribution in [0.15, 0.2) is 93.1 Å². The number of aromatic nitrogens is 5. The third kappa shape index (κ3) is 19.2. The zero-order chi connectivity index (χ0) is 33.8. The van der Waals surface area contributed by atoms with Crippen LogP contribution in [0.3, 0.4) is 0 Å². The number of pyridine rings is 5. The van der Waals surface area contributed by atoms with E-state index in [-0.39, 0.29) is 29.6 Å². The molecular weight excluding hydrogens is 819 g/mol. The molecule has 0 unspecified atom stereocenters. The number of anilines is 4. The first-order chi connectivity index (χ1) is 21.5. The summed E-state index contributed by atoms with van der Waals surface area (Å²) in [7, 11) is 3.97. The van der Waals surface area contributed by atoms with Gasteiger partial charge in [0.1, 0.15) is 48.6 Å². The van der Waals surface area contributed by atoms with E-state index < -0.39 is 0 Å². The SMILES string of the molecule is COc1ccnc(N)c1.COc1ccnc(Nc2cc(C)cc(Br)n2)c1.C[O-].Cc1cc(Br)nc(Br)c1.Nc1cc(Cl)ccn1.[Na+]. The Labute approximate surface area is 321 Å². The number of hydrogen-bond donors (Lipinski definition) is 3. The van der Waals surface area contributed by atoms with Crippen LogP contribution in [-0.2, 0) is 0 Å². The second-order valence-corrected chi connectivity index (χ2v) is 11.2. The molecule has 0 bridgehead atoms. The third-order valence-corrected chi connectivity index (χ3v) is 6.25. The largest absolute Gasteiger partial charge is 1.00 e. The number of aryl methyl sites for hydroxylation is 2. The molecule has 0 radical (unpaired) electrons.